The average Bonchev–Trinajstić information content (AvgIpc) is 4.36. The lowest BCUT2D eigenvalue weighted by Crippen LogP contribution is -2.26. The Morgan fingerprint density at radius 2 is 1.01 bits per heavy atom. The third-order valence-electron chi connectivity index (χ3n) is 12.4. The molecular weight excluding hydrogens is 1210 g/mol. The molecule has 0 saturated heterocycles. The number of anilines is 4. The van der Waals surface area contributed by atoms with Gasteiger partial charge in [-0.1, -0.05) is 89.7 Å². The van der Waals surface area contributed by atoms with E-state index in [1.165, 1.54) is 0 Å². The lowest BCUT2D eigenvalue weighted by atomic mass is 10.0. The van der Waals surface area contributed by atoms with Crippen LogP contribution in [0.1, 0.15) is 49.5 Å². The highest BCUT2D eigenvalue weighted by Gasteiger charge is 2.23. The van der Waals surface area contributed by atoms with Gasteiger partial charge in [0.15, 0.2) is 0 Å². The van der Waals surface area contributed by atoms with Gasteiger partial charge in [-0.15, -0.1) is 20.4 Å². The van der Waals surface area contributed by atoms with Crippen LogP contribution in [0.25, 0.3) is 55.7 Å². The molecule has 10 rings (SSSR count). The Labute approximate surface area is 494 Å². The minimum atomic E-state index is -1.20. The zero-order chi connectivity index (χ0) is 57.5. The number of nitrogens with zero attached hydrogens (tertiary/aromatic N) is 18. The maximum atomic E-state index is 6.15. The largest absolute Gasteiger partial charge is 0.361 e. The Balaban J connectivity index is 0.000000177. The van der Waals surface area contributed by atoms with E-state index in [9.17, 15) is 0 Å². The second-order valence-electron chi connectivity index (χ2n) is 22.3. The molecule has 10 aromatic heterocycles. The van der Waals surface area contributed by atoms with Crippen LogP contribution in [0.15, 0.2) is 94.9 Å². The van der Waals surface area contributed by atoms with E-state index >= 15 is 0 Å². The molecule has 0 spiro atoms. The monoisotopic (exact) mass is 1280 g/mol. The van der Waals surface area contributed by atoms with Gasteiger partial charge in [-0.2, -0.15) is 20.4 Å². The van der Waals surface area contributed by atoms with Gasteiger partial charge in [0.2, 0.25) is 10.3 Å². The summed E-state index contributed by atoms with van der Waals surface area (Å²) in [5.41, 5.74) is 9.28. The van der Waals surface area contributed by atoms with E-state index in [-0.39, 0.29) is 0 Å². The van der Waals surface area contributed by atoms with E-state index in [2.05, 4.69) is 151 Å². The average molecular weight is 1280 g/mol. The van der Waals surface area contributed by atoms with Crippen molar-refractivity contribution in [2.75, 3.05) is 36.5 Å². The topological polar surface area (TPSA) is 199 Å². The normalized spacial score (nSPS) is 11.9. The lowest BCUT2D eigenvalue weighted by Gasteiger charge is -2.22. The Morgan fingerprint density at radius 1 is 0.537 bits per heavy atom. The Hall–Kier alpha value is -6.01. The second-order valence-corrected chi connectivity index (χ2v) is 37.3. The maximum absolute atomic E-state index is 6.15. The van der Waals surface area contributed by atoms with Gasteiger partial charge in [0.05, 0.1) is 62.7 Å². The fourth-order valence-corrected chi connectivity index (χ4v) is 12.0. The fraction of sp³-hybridized carbons (Fsp3) is 0.407. The van der Waals surface area contributed by atoms with Crippen molar-refractivity contribution >= 4 is 115 Å². The second kappa shape index (κ2) is 26.3. The molecule has 26 heteroatoms. The van der Waals surface area contributed by atoms with Crippen molar-refractivity contribution in [3.63, 3.8) is 0 Å². The fourth-order valence-electron chi connectivity index (χ4n) is 7.87. The van der Waals surface area contributed by atoms with Crippen LogP contribution in [0, 0.1) is 0 Å². The molecule has 0 amide bonds. The van der Waals surface area contributed by atoms with E-state index in [1.54, 1.807) is 44.4 Å². The SMILES string of the molecule is CC(C)c1nnc(N(COCC[Si](C)(C)C)c2ccc3ncc(-c4cnn(C)c4-c4cnn(C)c4)cc3n2)s1.CC(C)c1nnc(N(COCC[Si](C)(C)C)c2ccc3ncc(Br)cc3n2)s1.Cn1cc(-c2c(Br)cnn2C)cn1. The van der Waals surface area contributed by atoms with Crippen LogP contribution >= 0.6 is 54.5 Å². The molecule has 10 aromatic rings. The van der Waals surface area contributed by atoms with Crippen molar-refractivity contribution in [1.29, 1.82) is 0 Å². The van der Waals surface area contributed by atoms with Crippen molar-refractivity contribution in [2.24, 2.45) is 28.2 Å². The Kier molecular flexibility index (Phi) is 19.7. The van der Waals surface area contributed by atoms with Gasteiger partial charge in [0.25, 0.3) is 0 Å². The highest BCUT2D eigenvalue weighted by Crippen LogP contribution is 2.36. The molecule has 0 radical (unpaired) electrons. The van der Waals surface area contributed by atoms with Gasteiger partial charge in [0.1, 0.15) is 35.1 Å². The summed E-state index contributed by atoms with van der Waals surface area (Å²) in [6, 6.07) is 14.1. The number of fused-ring (bicyclic) bond motifs is 2. The summed E-state index contributed by atoms with van der Waals surface area (Å²) >= 11 is 10.1. The van der Waals surface area contributed by atoms with Crippen LogP contribution in [0.4, 0.5) is 21.9 Å². The predicted octanol–water partition coefficient (Wildman–Crippen LogP) is 13.3. The minimum absolute atomic E-state index is 0.302. The van der Waals surface area contributed by atoms with E-state index in [4.69, 9.17) is 24.4 Å². The first kappa shape index (κ1) is 60.1. The molecule has 0 fully saturated rings. The Morgan fingerprint density at radius 3 is 1.46 bits per heavy atom. The number of hydrogen-bond donors (Lipinski definition) is 0. The van der Waals surface area contributed by atoms with Crippen LogP contribution < -0.4 is 9.80 Å². The van der Waals surface area contributed by atoms with Gasteiger partial charge in [-0.25, -0.2) is 9.97 Å². The summed E-state index contributed by atoms with van der Waals surface area (Å²) in [6.07, 6.45) is 14.9. The zero-order valence-electron chi connectivity index (χ0n) is 47.9. The van der Waals surface area contributed by atoms with E-state index < -0.39 is 16.1 Å². The van der Waals surface area contributed by atoms with Crippen LogP contribution in [0.3, 0.4) is 0 Å². The highest BCUT2D eigenvalue weighted by atomic mass is 79.9. The van der Waals surface area contributed by atoms with Gasteiger partial charge in [-0.3, -0.25) is 38.5 Å². The first-order chi connectivity index (χ1) is 38.0. The van der Waals surface area contributed by atoms with Crippen LogP contribution in [0.5, 0.6) is 0 Å². The lowest BCUT2D eigenvalue weighted by molar-refractivity contribution is 0.153. The number of halogens is 2. The molecule has 0 unspecified atom stereocenters. The molecule has 0 bridgehead atoms. The van der Waals surface area contributed by atoms with Gasteiger partial charge >= 0.3 is 0 Å². The number of ether oxygens (including phenoxy) is 2. The van der Waals surface area contributed by atoms with Crippen molar-refractivity contribution < 1.29 is 9.47 Å². The molecule has 0 atom stereocenters. The summed E-state index contributed by atoms with van der Waals surface area (Å²) in [7, 11) is 5.31. The zero-order valence-corrected chi connectivity index (χ0v) is 54.7. The number of aromatic nitrogens is 16. The molecule has 80 heavy (non-hydrogen) atoms. The van der Waals surface area contributed by atoms with Crippen LogP contribution in [-0.2, 0) is 37.7 Å². The number of pyridine rings is 4. The van der Waals surface area contributed by atoms with Crippen molar-refractivity contribution in [1.82, 2.24) is 79.5 Å². The smallest absolute Gasteiger partial charge is 0.215 e. The third kappa shape index (κ3) is 15.7. The standard InChI is InChI=1S/C27H35N9OSSi.C19H26BrN5OSSi.C8H9BrN4/c1-18(2)26-32-33-27(38-26)36(17-37-10-11-39(5,6)7)24-9-8-22-23(31-24)12-19(13-28-22)21-15-30-35(4)25(21)20-14-29-34(3)16-20;1-13(2)18-23-24-19(27-18)25(12-26-8-9-28(3,4)5)17-7-6-15-16(22-17)10-14(20)11-21-15;1-12-5-6(3-10-12)8-7(9)4-11-13(8)2/h8-9,12-16,18H,10-11,17H2,1-7H3;6-7,10-11,13H,8-9,12H2,1-5H3;3-5H,1-2H3. The van der Waals surface area contributed by atoms with E-state index in [1.807, 2.05) is 115 Å². The minimum Gasteiger partial charge on any atom is -0.361 e. The summed E-state index contributed by atoms with van der Waals surface area (Å²) in [5.74, 6) is 2.17. The van der Waals surface area contributed by atoms with Crippen molar-refractivity contribution in [3.05, 3.63) is 105 Å². The summed E-state index contributed by atoms with van der Waals surface area (Å²) in [5, 5.41) is 38.3. The van der Waals surface area contributed by atoms with E-state index in [0.29, 0.717) is 31.9 Å². The number of aryl methyl sites for hydroxylation is 4. The van der Waals surface area contributed by atoms with Crippen LogP contribution in [-0.4, -0.2) is 122 Å². The van der Waals surface area contributed by atoms with Crippen molar-refractivity contribution in [3.8, 4) is 33.6 Å². The van der Waals surface area contributed by atoms with Gasteiger partial charge < -0.3 is 9.47 Å². The Bertz CT molecular complexity index is 3630. The number of rotatable bonds is 19. The maximum Gasteiger partial charge on any atom is 0.215 e. The molecule has 0 N–H and O–H groups in total. The third-order valence-corrected chi connectivity index (χ3v) is 19.3. The highest BCUT2D eigenvalue weighted by molar-refractivity contribution is 9.10. The molecule has 10 heterocycles. The van der Waals surface area contributed by atoms with E-state index in [0.717, 1.165) is 115 Å². The summed E-state index contributed by atoms with van der Waals surface area (Å²) in [6.45, 7) is 24.8. The molecular formula is C54H70Br2N18O2S2Si2. The summed E-state index contributed by atoms with van der Waals surface area (Å²) < 4.78 is 21.3. The molecule has 0 aromatic carbocycles. The molecule has 0 aliphatic carbocycles. The summed E-state index contributed by atoms with van der Waals surface area (Å²) in [4.78, 5) is 22.9. The van der Waals surface area contributed by atoms with Gasteiger partial charge in [-0.05, 0) is 80.3 Å². The first-order valence-corrected chi connectivity index (χ1v) is 36.9. The van der Waals surface area contributed by atoms with Crippen molar-refractivity contribution in [2.45, 2.75) is 90.9 Å². The van der Waals surface area contributed by atoms with Gasteiger partial charge in [0, 0.05) is 121 Å². The quantitative estimate of drug-likeness (QED) is 0.0420. The number of hydrogen-bond acceptors (Lipinski definition) is 18. The van der Waals surface area contributed by atoms with Crippen LogP contribution in [0.2, 0.25) is 51.4 Å². The first-order valence-electron chi connectivity index (χ1n) is 26.2. The molecule has 20 nitrogen and oxygen atoms in total. The molecule has 422 valence electrons. The predicted molar refractivity (Wildman–Crippen MR) is 335 cm³/mol. The molecule has 0 saturated carbocycles. The molecule has 0 aliphatic heterocycles. The molecule has 0 aliphatic rings.